The van der Waals surface area contributed by atoms with E-state index >= 15 is 0 Å². The average molecular weight is 392 g/mol. The lowest BCUT2D eigenvalue weighted by Crippen LogP contribution is -2.51. The molecule has 0 fully saturated rings. The van der Waals surface area contributed by atoms with Crippen LogP contribution >= 0.6 is 7.60 Å². The molecule has 0 rings (SSSR count). The Labute approximate surface area is 144 Å². The second-order valence-electron chi connectivity index (χ2n) is 5.82. The van der Waals surface area contributed by atoms with E-state index in [-0.39, 0.29) is 11.5 Å². The van der Waals surface area contributed by atoms with Crippen LogP contribution in [0.1, 0.15) is 34.6 Å². The van der Waals surface area contributed by atoms with E-state index in [9.17, 15) is 32.2 Å². The normalized spacial score (nSPS) is 15.8. The third kappa shape index (κ3) is 7.72. The molecule has 2 unspecified atom stereocenters. The summed E-state index contributed by atoms with van der Waals surface area (Å²) < 4.78 is 60.3. The van der Waals surface area contributed by atoms with Crippen LogP contribution in [0.2, 0.25) is 0 Å². The Balaban J connectivity index is 5.82. The molecule has 0 spiro atoms. The van der Waals surface area contributed by atoms with E-state index in [4.69, 9.17) is 0 Å². The van der Waals surface area contributed by atoms with E-state index in [1.807, 2.05) is 0 Å². The van der Waals surface area contributed by atoms with Gasteiger partial charge in [-0.3, -0.25) is 14.2 Å². The number of nitrogens with zero attached hydrogens (tertiary/aromatic N) is 1. The molecular weight excluding hydrogens is 368 g/mol. The Morgan fingerprint density at radius 2 is 1.76 bits per heavy atom. The number of carbonyl (C=O) groups excluding carboxylic acids is 2. The Morgan fingerprint density at radius 1 is 1.24 bits per heavy atom. The molecule has 2 N–H and O–H groups in total. The van der Waals surface area contributed by atoms with Crippen LogP contribution in [-0.4, -0.2) is 52.8 Å². The minimum absolute atomic E-state index is 0.0224. The van der Waals surface area contributed by atoms with E-state index in [0.717, 1.165) is 0 Å². The predicted molar refractivity (Wildman–Crippen MR) is 82.2 cm³/mol. The fraction of sp³-hybridized carbons (Fsp3) is 0.846. The zero-order valence-corrected chi connectivity index (χ0v) is 15.6. The number of rotatable bonds is 9. The first kappa shape index (κ1) is 23.8. The molecule has 8 nitrogen and oxygen atoms in total. The highest BCUT2D eigenvalue weighted by atomic mass is 31.2. The maximum atomic E-state index is 12.9. The SMILES string of the molecule is CCOC(=O)CN(C(=O)C(F)(F)F)C(C(C)C)P(=O)(O)ONC(C)C. The van der Waals surface area contributed by atoms with Gasteiger partial charge in [0.05, 0.1) is 6.61 Å². The smallest absolute Gasteiger partial charge is 0.465 e. The molecule has 148 valence electrons. The van der Waals surface area contributed by atoms with Crippen molar-refractivity contribution in [3.63, 3.8) is 0 Å². The van der Waals surface area contributed by atoms with Gasteiger partial charge in [0.25, 0.3) is 0 Å². The van der Waals surface area contributed by atoms with Crippen LogP contribution in [0.3, 0.4) is 0 Å². The van der Waals surface area contributed by atoms with Gasteiger partial charge in [-0.25, -0.2) is 4.62 Å². The highest BCUT2D eigenvalue weighted by molar-refractivity contribution is 7.53. The molecule has 0 aliphatic carbocycles. The molecule has 25 heavy (non-hydrogen) atoms. The van der Waals surface area contributed by atoms with Gasteiger partial charge >= 0.3 is 25.6 Å². The summed E-state index contributed by atoms with van der Waals surface area (Å²) in [5.74, 6) is -6.40. The molecule has 0 radical (unpaired) electrons. The molecule has 0 aromatic heterocycles. The highest BCUT2D eigenvalue weighted by Gasteiger charge is 2.51. The minimum Gasteiger partial charge on any atom is -0.465 e. The lowest BCUT2D eigenvalue weighted by atomic mass is 10.2. The second kappa shape index (κ2) is 9.51. The van der Waals surface area contributed by atoms with Gasteiger partial charge in [-0.15, -0.1) is 0 Å². The molecule has 0 saturated heterocycles. The molecule has 0 aliphatic rings. The van der Waals surface area contributed by atoms with Crippen molar-refractivity contribution in [2.75, 3.05) is 13.2 Å². The Kier molecular flexibility index (Phi) is 9.07. The van der Waals surface area contributed by atoms with Gasteiger partial charge in [-0.1, -0.05) is 13.8 Å². The molecular formula is C13H24F3N2O6P. The predicted octanol–water partition coefficient (Wildman–Crippen LogP) is 2.04. The van der Waals surface area contributed by atoms with Gasteiger partial charge in [-0.05, 0) is 26.7 Å². The number of ether oxygens (including phenoxy) is 1. The number of esters is 1. The van der Waals surface area contributed by atoms with Gasteiger partial charge in [0, 0.05) is 6.04 Å². The van der Waals surface area contributed by atoms with Crippen LogP contribution in [0.4, 0.5) is 13.2 Å². The number of amides is 1. The molecule has 0 aromatic carbocycles. The number of halogens is 3. The Morgan fingerprint density at radius 3 is 2.12 bits per heavy atom. The van der Waals surface area contributed by atoms with Crippen molar-refractivity contribution in [2.45, 2.75) is 52.6 Å². The molecule has 0 aliphatic heterocycles. The summed E-state index contributed by atoms with van der Waals surface area (Å²) in [6, 6.07) is -0.412. The van der Waals surface area contributed by atoms with Crippen LogP contribution < -0.4 is 5.48 Å². The summed E-state index contributed by atoms with van der Waals surface area (Å²) in [6.45, 7) is 5.97. The first-order valence-corrected chi connectivity index (χ1v) is 9.18. The van der Waals surface area contributed by atoms with E-state index in [1.54, 1.807) is 13.8 Å². The third-order valence-corrected chi connectivity index (χ3v) is 4.69. The van der Waals surface area contributed by atoms with Gasteiger partial charge in [0.15, 0.2) is 0 Å². The van der Waals surface area contributed by atoms with Gasteiger partial charge in [0.2, 0.25) is 0 Å². The fourth-order valence-electron chi connectivity index (χ4n) is 1.94. The molecule has 2 atom stereocenters. The Hall–Kier alpha value is -1.16. The molecule has 0 aromatic rings. The monoisotopic (exact) mass is 392 g/mol. The maximum Gasteiger partial charge on any atom is 0.471 e. The molecule has 0 bridgehead atoms. The largest absolute Gasteiger partial charge is 0.471 e. The van der Waals surface area contributed by atoms with Crippen LogP contribution in [0, 0.1) is 5.92 Å². The first-order chi connectivity index (χ1) is 11.2. The van der Waals surface area contributed by atoms with Crippen LogP contribution in [-0.2, 0) is 23.5 Å². The summed E-state index contributed by atoms with van der Waals surface area (Å²) in [7, 11) is -4.78. The number of nitrogens with one attached hydrogen (secondary N) is 1. The van der Waals surface area contributed by atoms with E-state index in [2.05, 4.69) is 14.8 Å². The summed E-state index contributed by atoms with van der Waals surface area (Å²) in [5.41, 5.74) is 2.18. The summed E-state index contributed by atoms with van der Waals surface area (Å²) >= 11 is 0. The van der Waals surface area contributed by atoms with Crippen LogP contribution in [0.15, 0.2) is 0 Å². The number of hydroxylamine groups is 1. The van der Waals surface area contributed by atoms with Crippen molar-refractivity contribution in [3.05, 3.63) is 0 Å². The lowest BCUT2D eigenvalue weighted by molar-refractivity contribution is -0.189. The van der Waals surface area contributed by atoms with E-state index in [1.165, 1.54) is 20.8 Å². The first-order valence-electron chi connectivity index (χ1n) is 7.54. The van der Waals surface area contributed by atoms with Crippen molar-refractivity contribution >= 4 is 19.5 Å². The zero-order valence-electron chi connectivity index (χ0n) is 14.7. The molecule has 0 heterocycles. The fourth-order valence-corrected chi connectivity index (χ4v) is 3.70. The number of hydrogen-bond acceptors (Lipinski definition) is 6. The highest BCUT2D eigenvalue weighted by Crippen LogP contribution is 2.51. The number of alkyl halides is 3. The quantitative estimate of drug-likeness (QED) is 0.351. The average Bonchev–Trinajstić information content (AvgIpc) is 2.42. The van der Waals surface area contributed by atoms with Crippen molar-refractivity contribution < 1.29 is 41.6 Å². The number of hydrogen-bond donors (Lipinski definition) is 2. The Bertz CT molecular complexity index is 512. The standard InChI is InChI=1S/C13H24F3N2O6P/c1-6-23-10(19)7-18(12(20)13(14,15)16)11(8(2)3)25(21,22)24-17-9(4)5/h8-9,11,17H,6-7H2,1-5H3,(H,21,22). The third-order valence-electron chi connectivity index (χ3n) is 2.78. The van der Waals surface area contributed by atoms with Crippen molar-refractivity contribution in [3.8, 4) is 0 Å². The van der Waals surface area contributed by atoms with Gasteiger partial charge in [-0.2, -0.15) is 18.7 Å². The molecule has 1 amide bonds. The van der Waals surface area contributed by atoms with Gasteiger partial charge < -0.3 is 14.5 Å². The summed E-state index contributed by atoms with van der Waals surface area (Å²) in [4.78, 5) is 33.4. The van der Waals surface area contributed by atoms with E-state index in [0.29, 0.717) is 0 Å². The van der Waals surface area contributed by atoms with Gasteiger partial charge in [0.1, 0.15) is 12.3 Å². The van der Waals surface area contributed by atoms with Crippen molar-refractivity contribution in [1.82, 2.24) is 10.4 Å². The maximum absolute atomic E-state index is 12.9. The minimum atomic E-state index is -5.34. The second-order valence-corrected chi connectivity index (χ2v) is 7.66. The van der Waals surface area contributed by atoms with Crippen LogP contribution in [0.25, 0.3) is 0 Å². The number of carbonyl (C=O) groups is 2. The van der Waals surface area contributed by atoms with Crippen LogP contribution in [0.5, 0.6) is 0 Å². The zero-order chi connectivity index (χ0) is 20.0. The summed E-state index contributed by atoms with van der Waals surface area (Å²) in [6.07, 6.45) is -5.34. The van der Waals surface area contributed by atoms with E-state index < -0.39 is 49.9 Å². The molecule has 0 saturated carbocycles. The lowest BCUT2D eigenvalue weighted by Gasteiger charge is -2.35. The van der Waals surface area contributed by atoms with Crippen molar-refractivity contribution in [2.24, 2.45) is 5.92 Å². The van der Waals surface area contributed by atoms with Crippen molar-refractivity contribution in [1.29, 1.82) is 0 Å². The summed E-state index contributed by atoms with van der Waals surface area (Å²) in [5, 5.41) is 0. The molecule has 12 heteroatoms. The topological polar surface area (TPSA) is 105 Å².